The molecular weight excluding hydrogens is 362 g/mol. The maximum atomic E-state index is 12.3. The number of likely N-dealkylation sites (tertiary alicyclic amines) is 1. The molecule has 2 atom stereocenters. The van der Waals surface area contributed by atoms with Crippen molar-refractivity contribution in [3.63, 3.8) is 0 Å². The Labute approximate surface area is 161 Å². The first-order chi connectivity index (χ1) is 13.5. The predicted octanol–water partition coefficient (Wildman–Crippen LogP) is 1.38. The molecule has 28 heavy (non-hydrogen) atoms. The molecule has 1 N–H and O–H groups in total. The monoisotopic (exact) mass is 381 g/mol. The van der Waals surface area contributed by atoms with E-state index in [0.29, 0.717) is 24.1 Å². The molecule has 3 amide bonds. The Kier molecular flexibility index (Phi) is 5.84. The lowest BCUT2D eigenvalue weighted by Gasteiger charge is -2.14. The lowest BCUT2D eigenvalue weighted by atomic mass is 9.85. The van der Waals surface area contributed by atoms with Crippen molar-refractivity contribution in [2.24, 2.45) is 11.8 Å². The van der Waals surface area contributed by atoms with Gasteiger partial charge in [-0.05, 0) is 25.0 Å². The van der Waals surface area contributed by atoms with E-state index in [1.54, 1.807) is 24.3 Å². The number of allylic oxidation sites excluding steroid dienone is 2. The predicted molar refractivity (Wildman–Crippen MR) is 97.4 cm³/mol. The number of anilines is 1. The number of para-hydroxylation sites is 1. The molecule has 0 bridgehead atoms. The first kappa shape index (κ1) is 19.3. The zero-order valence-electron chi connectivity index (χ0n) is 15.1. The van der Waals surface area contributed by atoms with Crippen LogP contribution in [0.15, 0.2) is 36.4 Å². The van der Waals surface area contributed by atoms with Crippen LogP contribution in [-0.4, -0.2) is 41.7 Å². The average Bonchev–Trinajstić information content (AvgIpc) is 2.95. The summed E-state index contributed by atoms with van der Waals surface area (Å²) in [6.07, 6.45) is 4.70. The smallest absolute Gasteiger partial charge is 0.308 e. The van der Waals surface area contributed by atoms with Crippen molar-refractivity contribution in [2.45, 2.75) is 19.3 Å². The topological polar surface area (TPSA) is 117 Å². The Hall–Kier alpha value is -3.47. The fourth-order valence-corrected chi connectivity index (χ4v) is 3.39. The third-order valence-electron chi connectivity index (χ3n) is 4.82. The van der Waals surface area contributed by atoms with E-state index in [0.717, 1.165) is 4.90 Å². The molecule has 0 saturated carbocycles. The second-order valence-electron chi connectivity index (χ2n) is 6.60. The number of rotatable bonds is 6. The summed E-state index contributed by atoms with van der Waals surface area (Å²) in [5.74, 6) is -2.44. The van der Waals surface area contributed by atoms with Gasteiger partial charge in [0.05, 0.1) is 29.5 Å². The van der Waals surface area contributed by atoms with E-state index in [1.165, 1.54) is 0 Å². The highest BCUT2D eigenvalue weighted by molar-refractivity contribution is 6.05. The van der Waals surface area contributed by atoms with Crippen molar-refractivity contribution >= 4 is 29.4 Å². The minimum absolute atomic E-state index is 0.0532. The molecule has 1 aromatic carbocycles. The highest BCUT2D eigenvalue weighted by Crippen LogP contribution is 2.34. The largest absolute Gasteiger partial charge is 0.456 e. The third kappa shape index (κ3) is 4.09. The highest BCUT2D eigenvalue weighted by atomic mass is 16.5. The Morgan fingerprint density at radius 1 is 1.14 bits per heavy atom. The summed E-state index contributed by atoms with van der Waals surface area (Å²) < 4.78 is 4.90. The lowest BCUT2D eigenvalue weighted by molar-refractivity contribution is -0.148. The first-order valence-corrected chi connectivity index (χ1v) is 8.96. The summed E-state index contributed by atoms with van der Waals surface area (Å²) in [4.78, 5) is 49.5. The number of benzene rings is 1. The van der Waals surface area contributed by atoms with E-state index >= 15 is 0 Å². The van der Waals surface area contributed by atoms with E-state index in [4.69, 9.17) is 10.00 Å². The fraction of sp³-hybridized carbons (Fsp3) is 0.350. The van der Waals surface area contributed by atoms with Gasteiger partial charge >= 0.3 is 5.97 Å². The molecule has 1 saturated heterocycles. The molecule has 8 heteroatoms. The highest BCUT2D eigenvalue weighted by Gasteiger charge is 2.46. The van der Waals surface area contributed by atoms with Gasteiger partial charge in [0.25, 0.3) is 5.91 Å². The molecule has 0 unspecified atom stereocenters. The van der Waals surface area contributed by atoms with E-state index < -0.39 is 18.5 Å². The average molecular weight is 381 g/mol. The van der Waals surface area contributed by atoms with Crippen molar-refractivity contribution in [3.05, 3.63) is 42.0 Å². The third-order valence-corrected chi connectivity index (χ3v) is 4.82. The molecule has 1 aromatic rings. The van der Waals surface area contributed by atoms with Crippen molar-refractivity contribution in [2.75, 3.05) is 18.5 Å². The summed E-state index contributed by atoms with van der Waals surface area (Å²) in [5.41, 5.74) is 0.625. The first-order valence-electron chi connectivity index (χ1n) is 8.96. The van der Waals surface area contributed by atoms with Gasteiger partial charge in [0, 0.05) is 6.54 Å². The standard InChI is InChI=1S/C20H19N3O5/c21-11-13-5-1-4-8-16(13)22-17(24)12-28-18(25)9-10-23-19(26)14-6-2-3-7-15(14)20(23)27/h1-5,8,14-15H,6-7,9-10,12H2,(H,22,24)/t14-,15-/m0/s1. The molecule has 1 aliphatic heterocycles. The van der Waals surface area contributed by atoms with E-state index in [-0.39, 0.29) is 36.6 Å². The molecule has 8 nitrogen and oxygen atoms in total. The summed E-state index contributed by atoms with van der Waals surface area (Å²) in [5, 5.41) is 11.5. The van der Waals surface area contributed by atoms with Crippen LogP contribution in [-0.2, 0) is 23.9 Å². The van der Waals surface area contributed by atoms with Gasteiger partial charge in [-0.15, -0.1) is 0 Å². The van der Waals surface area contributed by atoms with Gasteiger partial charge in [0.1, 0.15) is 6.07 Å². The van der Waals surface area contributed by atoms with Crippen LogP contribution in [0.3, 0.4) is 0 Å². The number of hydrogen-bond acceptors (Lipinski definition) is 6. The van der Waals surface area contributed by atoms with Crippen LogP contribution in [0, 0.1) is 23.2 Å². The minimum Gasteiger partial charge on any atom is -0.456 e. The minimum atomic E-state index is -0.683. The van der Waals surface area contributed by atoms with Crippen molar-refractivity contribution in [1.82, 2.24) is 4.90 Å². The molecule has 1 fully saturated rings. The summed E-state index contributed by atoms with van der Waals surface area (Å²) >= 11 is 0. The van der Waals surface area contributed by atoms with Gasteiger partial charge in [0.15, 0.2) is 6.61 Å². The van der Waals surface area contributed by atoms with Crippen molar-refractivity contribution < 1.29 is 23.9 Å². The van der Waals surface area contributed by atoms with Crippen LogP contribution in [0.5, 0.6) is 0 Å². The van der Waals surface area contributed by atoms with Gasteiger partial charge < -0.3 is 10.1 Å². The maximum Gasteiger partial charge on any atom is 0.308 e. The van der Waals surface area contributed by atoms with Gasteiger partial charge in [-0.3, -0.25) is 24.1 Å². The summed E-state index contributed by atoms with van der Waals surface area (Å²) in [6.45, 7) is -0.571. The van der Waals surface area contributed by atoms with E-state index in [9.17, 15) is 19.2 Å². The quantitative estimate of drug-likeness (QED) is 0.452. The number of carbonyl (C=O) groups excluding carboxylic acids is 4. The number of nitrogens with one attached hydrogen (secondary N) is 1. The number of fused-ring (bicyclic) bond motifs is 1. The number of nitriles is 1. The Bertz CT molecular complexity index is 860. The Balaban J connectivity index is 1.45. The SMILES string of the molecule is N#Cc1ccccc1NC(=O)COC(=O)CCN1C(=O)[C@H]2CC=CC[C@@H]2C1=O. The molecule has 0 aromatic heterocycles. The zero-order valence-corrected chi connectivity index (χ0v) is 15.1. The van der Waals surface area contributed by atoms with Gasteiger partial charge in [0.2, 0.25) is 11.8 Å². The van der Waals surface area contributed by atoms with Crippen LogP contribution in [0.2, 0.25) is 0 Å². The number of carbonyl (C=O) groups is 4. The number of nitrogens with zero attached hydrogens (tertiary/aromatic N) is 2. The molecule has 3 rings (SSSR count). The van der Waals surface area contributed by atoms with Crippen LogP contribution < -0.4 is 5.32 Å². The van der Waals surface area contributed by atoms with Crippen LogP contribution in [0.4, 0.5) is 5.69 Å². The van der Waals surface area contributed by atoms with Gasteiger partial charge in [-0.25, -0.2) is 0 Å². The molecule has 1 aliphatic carbocycles. The number of amides is 3. The molecule has 0 spiro atoms. The number of esters is 1. The van der Waals surface area contributed by atoms with Crippen molar-refractivity contribution in [3.8, 4) is 6.07 Å². The van der Waals surface area contributed by atoms with Crippen molar-refractivity contribution in [1.29, 1.82) is 5.26 Å². The second kappa shape index (κ2) is 8.48. The molecule has 2 aliphatic rings. The van der Waals surface area contributed by atoms with Crippen LogP contribution in [0.1, 0.15) is 24.8 Å². The van der Waals surface area contributed by atoms with Gasteiger partial charge in [-0.1, -0.05) is 24.3 Å². The number of imide groups is 1. The zero-order chi connectivity index (χ0) is 20.1. The molecule has 0 radical (unpaired) electrons. The fourth-order valence-electron chi connectivity index (χ4n) is 3.39. The van der Waals surface area contributed by atoms with Crippen LogP contribution >= 0.6 is 0 Å². The Morgan fingerprint density at radius 3 is 2.43 bits per heavy atom. The number of hydrogen-bond donors (Lipinski definition) is 1. The molecule has 144 valence electrons. The summed E-state index contributed by atoms with van der Waals surface area (Å²) in [7, 11) is 0. The molecular formula is C20H19N3O5. The number of ether oxygens (including phenoxy) is 1. The molecule has 1 heterocycles. The summed E-state index contributed by atoms with van der Waals surface area (Å²) in [6, 6.07) is 8.41. The Morgan fingerprint density at radius 2 is 1.79 bits per heavy atom. The van der Waals surface area contributed by atoms with Crippen LogP contribution in [0.25, 0.3) is 0 Å². The lowest BCUT2D eigenvalue weighted by Crippen LogP contribution is -2.33. The normalized spacial score (nSPS) is 20.5. The second-order valence-corrected chi connectivity index (χ2v) is 6.60. The van der Waals surface area contributed by atoms with E-state index in [2.05, 4.69) is 5.32 Å². The van der Waals surface area contributed by atoms with E-state index in [1.807, 2.05) is 18.2 Å². The maximum absolute atomic E-state index is 12.3. The van der Waals surface area contributed by atoms with Gasteiger partial charge in [-0.2, -0.15) is 5.26 Å².